The number of ether oxygens (including phenoxy) is 2. The van der Waals surface area contributed by atoms with E-state index in [2.05, 4.69) is 26.6 Å². The lowest BCUT2D eigenvalue weighted by molar-refractivity contribution is -0.116. The molecular formula is C18H21BrN2O3. The lowest BCUT2D eigenvalue weighted by Gasteiger charge is -2.17. The van der Waals surface area contributed by atoms with Crippen LogP contribution in [0.25, 0.3) is 0 Å². The molecule has 0 heterocycles. The van der Waals surface area contributed by atoms with E-state index >= 15 is 0 Å². The number of anilines is 2. The molecule has 6 heteroatoms. The Morgan fingerprint density at radius 1 is 1.08 bits per heavy atom. The highest BCUT2D eigenvalue weighted by Gasteiger charge is 2.15. The summed E-state index contributed by atoms with van der Waals surface area (Å²) in [5.74, 6) is 1.12. The Bertz CT molecular complexity index is 734. The number of methoxy groups -OCH3 is 2. The highest BCUT2D eigenvalue weighted by Crippen LogP contribution is 2.30. The zero-order chi connectivity index (χ0) is 17.7. The van der Waals surface area contributed by atoms with Gasteiger partial charge in [-0.25, -0.2) is 0 Å². The Morgan fingerprint density at radius 2 is 1.79 bits per heavy atom. The third kappa shape index (κ3) is 4.41. The normalized spacial score (nSPS) is 11.5. The molecule has 2 N–H and O–H groups in total. The van der Waals surface area contributed by atoms with Gasteiger partial charge in [0.15, 0.2) is 11.5 Å². The molecule has 2 aromatic rings. The number of hydrogen-bond donors (Lipinski definition) is 2. The van der Waals surface area contributed by atoms with E-state index in [0.717, 1.165) is 21.4 Å². The summed E-state index contributed by atoms with van der Waals surface area (Å²) in [6.07, 6.45) is 0. The van der Waals surface area contributed by atoms with Crippen molar-refractivity contribution in [1.82, 2.24) is 0 Å². The van der Waals surface area contributed by atoms with E-state index in [1.54, 1.807) is 33.3 Å². The maximum absolute atomic E-state index is 12.4. The molecule has 0 aliphatic heterocycles. The van der Waals surface area contributed by atoms with E-state index in [1.165, 1.54) is 0 Å². The fourth-order valence-electron chi connectivity index (χ4n) is 2.20. The van der Waals surface area contributed by atoms with E-state index < -0.39 is 6.04 Å². The smallest absolute Gasteiger partial charge is 0.246 e. The lowest BCUT2D eigenvalue weighted by Crippen LogP contribution is -2.32. The Morgan fingerprint density at radius 3 is 2.42 bits per heavy atom. The van der Waals surface area contributed by atoms with Crippen molar-refractivity contribution in [2.45, 2.75) is 19.9 Å². The number of aryl methyl sites for hydroxylation is 1. The minimum absolute atomic E-state index is 0.130. The molecule has 0 spiro atoms. The van der Waals surface area contributed by atoms with Crippen LogP contribution in [0, 0.1) is 6.92 Å². The monoisotopic (exact) mass is 392 g/mol. The molecule has 2 rings (SSSR count). The standard InChI is InChI=1S/C18H21BrN2O3/c1-11-5-7-15(14(19)9-11)21-18(22)12(2)20-13-6-8-16(23-3)17(10-13)24-4/h5-10,12,20H,1-4H3,(H,21,22). The summed E-state index contributed by atoms with van der Waals surface area (Å²) in [5.41, 5.74) is 2.64. The lowest BCUT2D eigenvalue weighted by atomic mass is 10.2. The van der Waals surface area contributed by atoms with E-state index in [1.807, 2.05) is 31.2 Å². The fourth-order valence-corrected chi connectivity index (χ4v) is 2.80. The number of carbonyl (C=O) groups excluding carboxylic acids is 1. The number of rotatable bonds is 6. The second-order valence-electron chi connectivity index (χ2n) is 5.41. The van der Waals surface area contributed by atoms with Gasteiger partial charge in [0.05, 0.1) is 19.9 Å². The molecule has 1 atom stereocenters. The Hall–Kier alpha value is -2.21. The van der Waals surface area contributed by atoms with Crippen LogP contribution in [-0.2, 0) is 4.79 Å². The third-order valence-electron chi connectivity index (χ3n) is 3.54. The molecule has 24 heavy (non-hydrogen) atoms. The number of nitrogens with one attached hydrogen (secondary N) is 2. The van der Waals surface area contributed by atoms with Gasteiger partial charge in [0.25, 0.3) is 0 Å². The van der Waals surface area contributed by atoms with Crippen LogP contribution in [0.2, 0.25) is 0 Å². The number of benzene rings is 2. The average molecular weight is 393 g/mol. The Kier molecular flexibility index (Phi) is 6.09. The molecule has 0 aliphatic rings. The first-order chi connectivity index (χ1) is 11.4. The van der Waals surface area contributed by atoms with Crippen molar-refractivity contribution in [2.75, 3.05) is 24.9 Å². The molecule has 0 saturated heterocycles. The molecule has 0 fully saturated rings. The topological polar surface area (TPSA) is 59.6 Å². The summed E-state index contributed by atoms with van der Waals surface area (Å²) in [4.78, 5) is 12.4. The molecular weight excluding hydrogens is 372 g/mol. The summed E-state index contributed by atoms with van der Waals surface area (Å²) in [6, 6.07) is 10.8. The minimum atomic E-state index is -0.420. The van der Waals surface area contributed by atoms with Crippen molar-refractivity contribution in [1.29, 1.82) is 0 Å². The first-order valence-corrected chi connectivity index (χ1v) is 8.29. The average Bonchev–Trinajstić information content (AvgIpc) is 2.57. The van der Waals surface area contributed by atoms with Gasteiger partial charge in [-0.15, -0.1) is 0 Å². The van der Waals surface area contributed by atoms with Gasteiger partial charge in [-0.1, -0.05) is 6.07 Å². The first kappa shape index (κ1) is 18.1. The number of amides is 1. The molecule has 0 saturated carbocycles. The molecule has 0 radical (unpaired) electrons. The summed E-state index contributed by atoms with van der Waals surface area (Å²) in [7, 11) is 3.16. The SMILES string of the molecule is COc1ccc(NC(C)C(=O)Nc2ccc(C)cc2Br)cc1OC. The van der Waals surface area contributed by atoms with E-state index in [4.69, 9.17) is 9.47 Å². The predicted molar refractivity (Wildman–Crippen MR) is 100 cm³/mol. The van der Waals surface area contributed by atoms with Crippen LogP contribution in [0.4, 0.5) is 11.4 Å². The van der Waals surface area contributed by atoms with Gasteiger partial charge >= 0.3 is 0 Å². The molecule has 1 amide bonds. The Balaban J connectivity index is 2.06. The van der Waals surface area contributed by atoms with Crippen LogP contribution >= 0.6 is 15.9 Å². The number of hydrogen-bond acceptors (Lipinski definition) is 4. The summed E-state index contributed by atoms with van der Waals surface area (Å²) < 4.78 is 11.3. The van der Waals surface area contributed by atoms with Crippen molar-refractivity contribution in [3.05, 3.63) is 46.4 Å². The van der Waals surface area contributed by atoms with E-state index in [0.29, 0.717) is 11.5 Å². The van der Waals surface area contributed by atoms with Crippen LogP contribution < -0.4 is 20.1 Å². The van der Waals surface area contributed by atoms with Gasteiger partial charge in [-0.3, -0.25) is 4.79 Å². The third-order valence-corrected chi connectivity index (χ3v) is 4.20. The molecule has 0 aromatic heterocycles. The van der Waals surface area contributed by atoms with Crippen LogP contribution in [0.1, 0.15) is 12.5 Å². The number of carbonyl (C=O) groups is 1. The summed E-state index contributed by atoms with van der Waals surface area (Å²) in [6.45, 7) is 3.80. The van der Waals surface area contributed by atoms with Gasteiger partial charge in [-0.2, -0.15) is 0 Å². The van der Waals surface area contributed by atoms with Gasteiger partial charge in [0.2, 0.25) is 5.91 Å². The van der Waals surface area contributed by atoms with Gasteiger partial charge < -0.3 is 20.1 Å². The van der Waals surface area contributed by atoms with Crippen molar-refractivity contribution in [2.24, 2.45) is 0 Å². The maximum Gasteiger partial charge on any atom is 0.246 e. The van der Waals surface area contributed by atoms with Gasteiger partial charge in [-0.05, 0) is 59.6 Å². The van der Waals surface area contributed by atoms with Crippen LogP contribution in [0.5, 0.6) is 11.5 Å². The summed E-state index contributed by atoms with van der Waals surface area (Å²) >= 11 is 3.46. The zero-order valence-corrected chi connectivity index (χ0v) is 15.7. The van der Waals surface area contributed by atoms with Crippen molar-refractivity contribution >= 4 is 33.2 Å². The quantitative estimate of drug-likeness (QED) is 0.772. The van der Waals surface area contributed by atoms with Crippen LogP contribution in [0.3, 0.4) is 0 Å². The fraction of sp³-hybridized carbons (Fsp3) is 0.278. The van der Waals surface area contributed by atoms with Crippen molar-refractivity contribution in [3.63, 3.8) is 0 Å². The van der Waals surface area contributed by atoms with E-state index in [-0.39, 0.29) is 5.91 Å². The second kappa shape index (κ2) is 8.06. The minimum Gasteiger partial charge on any atom is -0.493 e. The molecule has 0 bridgehead atoms. The van der Waals surface area contributed by atoms with Gasteiger partial charge in [0.1, 0.15) is 6.04 Å². The molecule has 5 nitrogen and oxygen atoms in total. The van der Waals surface area contributed by atoms with Gasteiger partial charge in [0, 0.05) is 16.2 Å². The van der Waals surface area contributed by atoms with Crippen LogP contribution in [0.15, 0.2) is 40.9 Å². The zero-order valence-electron chi connectivity index (χ0n) is 14.1. The largest absolute Gasteiger partial charge is 0.493 e. The molecule has 2 aromatic carbocycles. The van der Waals surface area contributed by atoms with Crippen molar-refractivity contribution < 1.29 is 14.3 Å². The molecule has 0 aliphatic carbocycles. The summed E-state index contributed by atoms with van der Waals surface area (Å²) in [5, 5.41) is 6.06. The predicted octanol–water partition coefficient (Wildman–Crippen LogP) is 4.21. The highest BCUT2D eigenvalue weighted by atomic mass is 79.9. The van der Waals surface area contributed by atoms with Crippen molar-refractivity contribution in [3.8, 4) is 11.5 Å². The molecule has 128 valence electrons. The maximum atomic E-state index is 12.4. The molecule has 1 unspecified atom stereocenters. The first-order valence-electron chi connectivity index (χ1n) is 7.50. The van der Waals surface area contributed by atoms with E-state index in [9.17, 15) is 4.79 Å². The number of halogens is 1. The Labute approximate surface area is 150 Å². The highest BCUT2D eigenvalue weighted by molar-refractivity contribution is 9.10. The second-order valence-corrected chi connectivity index (χ2v) is 6.26. The van der Waals surface area contributed by atoms with Crippen LogP contribution in [-0.4, -0.2) is 26.2 Å².